The molecule has 0 spiro atoms. The molecule has 1 amide bonds. The molecule has 1 N–H and O–H groups in total. The summed E-state index contributed by atoms with van der Waals surface area (Å²) in [5.74, 6) is 0.273. The number of ether oxygens (including phenoxy) is 1. The Hall–Kier alpha value is -1.96. The van der Waals surface area contributed by atoms with Crippen molar-refractivity contribution in [1.82, 2.24) is 9.97 Å². The molecule has 134 valence electrons. The molecular formula is C18H15BrClN3O2S. The molecule has 0 atom stereocenters. The number of rotatable bonds is 5. The molecule has 1 aromatic carbocycles. The van der Waals surface area contributed by atoms with Crippen molar-refractivity contribution in [2.75, 3.05) is 11.9 Å². The van der Waals surface area contributed by atoms with Gasteiger partial charge in [-0.1, -0.05) is 17.7 Å². The molecule has 26 heavy (non-hydrogen) atoms. The van der Waals surface area contributed by atoms with Gasteiger partial charge in [-0.05, 0) is 54.0 Å². The Morgan fingerprint density at radius 2 is 2.19 bits per heavy atom. The molecule has 0 bridgehead atoms. The summed E-state index contributed by atoms with van der Waals surface area (Å²) in [7, 11) is 0. The number of hydrogen-bond donors (Lipinski definition) is 1. The van der Waals surface area contributed by atoms with Crippen molar-refractivity contribution in [2.45, 2.75) is 13.8 Å². The van der Waals surface area contributed by atoms with Crippen LogP contribution in [0.15, 0.2) is 41.0 Å². The van der Waals surface area contributed by atoms with Crippen LogP contribution in [-0.2, 0) is 0 Å². The number of carbonyl (C=O) groups is 1. The summed E-state index contributed by atoms with van der Waals surface area (Å²) in [4.78, 5) is 22.0. The SMILES string of the molecule is CCOc1c(Br)cc(Cl)cc1NC(=O)c1sc(-c2ccccn2)nc1C. The van der Waals surface area contributed by atoms with E-state index in [1.165, 1.54) is 11.3 Å². The van der Waals surface area contributed by atoms with Crippen LogP contribution in [0.5, 0.6) is 5.75 Å². The number of carbonyl (C=O) groups excluding carboxylic acids is 1. The standard InChI is InChI=1S/C18H15BrClN3O2S/c1-3-25-15-12(19)8-11(20)9-14(15)23-17(24)16-10(2)22-18(26-16)13-6-4-5-7-21-13/h4-9H,3H2,1-2H3,(H,23,24). The Kier molecular flexibility index (Phi) is 5.90. The van der Waals surface area contributed by atoms with E-state index in [0.29, 0.717) is 43.1 Å². The molecular weight excluding hydrogens is 438 g/mol. The summed E-state index contributed by atoms with van der Waals surface area (Å²) in [6.07, 6.45) is 1.70. The highest BCUT2D eigenvalue weighted by atomic mass is 79.9. The molecule has 0 unspecified atom stereocenters. The normalized spacial score (nSPS) is 10.6. The number of aryl methyl sites for hydroxylation is 1. The van der Waals surface area contributed by atoms with Crippen LogP contribution in [-0.4, -0.2) is 22.5 Å². The Bertz CT molecular complexity index is 947. The number of amides is 1. The van der Waals surface area contributed by atoms with Crippen molar-refractivity contribution in [3.63, 3.8) is 0 Å². The van der Waals surface area contributed by atoms with Gasteiger partial charge in [0.1, 0.15) is 9.88 Å². The fraction of sp³-hybridized carbons (Fsp3) is 0.167. The zero-order valence-corrected chi connectivity index (χ0v) is 17.2. The predicted molar refractivity (Wildman–Crippen MR) is 108 cm³/mol. The quantitative estimate of drug-likeness (QED) is 0.549. The molecule has 3 rings (SSSR count). The molecule has 8 heteroatoms. The zero-order valence-electron chi connectivity index (χ0n) is 14.0. The molecule has 0 aliphatic rings. The van der Waals surface area contributed by atoms with Crippen LogP contribution in [0.2, 0.25) is 5.02 Å². The summed E-state index contributed by atoms with van der Waals surface area (Å²) >= 11 is 10.8. The second-order valence-corrected chi connectivity index (χ2v) is 7.59. The molecule has 0 aliphatic heterocycles. The van der Waals surface area contributed by atoms with E-state index in [2.05, 4.69) is 31.2 Å². The van der Waals surface area contributed by atoms with Gasteiger partial charge in [0.2, 0.25) is 0 Å². The Morgan fingerprint density at radius 1 is 1.38 bits per heavy atom. The van der Waals surface area contributed by atoms with Crippen molar-refractivity contribution < 1.29 is 9.53 Å². The molecule has 0 saturated heterocycles. The predicted octanol–water partition coefficient (Wildman–Crippen LogP) is 5.58. The van der Waals surface area contributed by atoms with Crippen LogP contribution in [0.1, 0.15) is 22.3 Å². The largest absolute Gasteiger partial charge is 0.491 e. The zero-order chi connectivity index (χ0) is 18.7. The number of nitrogens with zero attached hydrogens (tertiary/aromatic N) is 2. The van der Waals surface area contributed by atoms with Crippen molar-refractivity contribution in [3.8, 4) is 16.5 Å². The summed E-state index contributed by atoms with van der Waals surface area (Å²) in [5, 5.41) is 4.06. The number of hydrogen-bond acceptors (Lipinski definition) is 5. The first-order valence-electron chi connectivity index (χ1n) is 7.81. The van der Waals surface area contributed by atoms with E-state index in [0.717, 1.165) is 5.69 Å². The minimum atomic E-state index is -0.266. The lowest BCUT2D eigenvalue weighted by Crippen LogP contribution is -2.13. The van der Waals surface area contributed by atoms with Crippen molar-refractivity contribution in [3.05, 3.63) is 56.6 Å². The molecule has 2 heterocycles. The van der Waals surface area contributed by atoms with Crippen LogP contribution < -0.4 is 10.1 Å². The smallest absolute Gasteiger partial charge is 0.267 e. The van der Waals surface area contributed by atoms with E-state index < -0.39 is 0 Å². The van der Waals surface area contributed by atoms with E-state index in [-0.39, 0.29) is 5.91 Å². The molecule has 0 aliphatic carbocycles. The average molecular weight is 453 g/mol. The summed E-state index contributed by atoms with van der Waals surface area (Å²) in [6, 6.07) is 8.96. The lowest BCUT2D eigenvalue weighted by Gasteiger charge is -2.13. The van der Waals surface area contributed by atoms with Crippen molar-refractivity contribution >= 4 is 50.5 Å². The second kappa shape index (κ2) is 8.16. The van der Waals surface area contributed by atoms with E-state index >= 15 is 0 Å². The van der Waals surface area contributed by atoms with Crippen LogP contribution in [0.3, 0.4) is 0 Å². The summed E-state index contributed by atoms with van der Waals surface area (Å²) < 4.78 is 6.30. The fourth-order valence-electron chi connectivity index (χ4n) is 2.33. The van der Waals surface area contributed by atoms with Crippen LogP contribution >= 0.6 is 38.9 Å². The van der Waals surface area contributed by atoms with Gasteiger partial charge in [-0.15, -0.1) is 11.3 Å². The molecule has 0 radical (unpaired) electrons. The Labute approximate surface area is 168 Å². The molecule has 5 nitrogen and oxygen atoms in total. The van der Waals surface area contributed by atoms with Gasteiger partial charge in [0.25, 0.3) is 5.91 Å². The van der Waals surface area contributed by atoms with Gasteiger partial charge in [-0.2, -0.15) is 0 Å². The highest BCUT2D eigenvalue weighted by Crippen LogP contribution is 2.37. The molecule has 3 aromatic rings. The maximum absolute atomic E-state index is 12.8. The number of anilines is 1. The van der Waals surface area contributed by atoms with Crippen molar-refractivity contribution in [1.29, 1.82) is 0 Å². The van der Waals surface area contributed by atoms with Gasteiger partial charge in [0.05, 0.1) is 28.2 Å². The summed E-state index contributed by atoms with van der Waals surface area (Å²) in [6.45, 7) is 4.14. The van der Waals surface area contributed by atoms with Crippen LogP contribution in [0.25, 0.3) is 10.7 Å². The lowest BCUT2D eigenvalue weighted by atomic mass is 10.2. The van der Waals surface area contributed by atoms with Gasteiger partial charge in [0.15, 0.2) is 5.75 Å². The van der Waals surface area contributed by atoms with Gasteiger partial charge < -0.3 is 10.1 Å². The third kappa shape index (κ3) is 4.06. The topological polar surface area (TPSA) is 64.1 Å². The number of aromatic nitrogens is 2. The lowest BCUT2D eigenvalue weighted by molar-refractivity contribution is 0.102. The van der Waals surface area contributed by atoms with E-state index in [9.17, 15) is 4.79 Å². The first-order chi connectivity index (χ1) is 12.5. The minimum absolute atomic E-state index is 0.266. The second-order valence-electron chi connectivity index (χ2n) is 5.30. The number of thiazole rings is 1. The van der Waals surface area contributed by atoms with Gasteiger partial charge in [-0.3, -0.25) is 9.78 Å². The van der Waals surface area contributed by atoms with Crippen LogP contribution in [0.4, 0.5) is 5.69 Å². The maximum Gasteiger partial charge on any atom is 0.267 e. The first kappa shape index (κ1) is 18.8. The fourth-order valence-corrected chi connectivity index (χ4v) is 4.19. The molecule has 0 saturated carbocycles. The van der Waals surface area contributed by atoms with Gasteiger partial charge >= 0.3 is 0 Å². The summed E-state index contributed by atoms with van der Waals surface area (Å²) in [5.41, 5.74) is 1.88. The third-order valence-corrected chi connectivity index (χ3v) is 5.42. The first-order valence-corrected chi connectivity index (χ1v) is 9.80. The van der Waals surface area contributed by atoms with Crippen molar-refractivity contribution in [2.24, 2.45) is 0 Å². The highest BCUT2D eigenvalue weighted by Gasteiger charge is 2.19. The molecule has 2 aromatic heterocycles. The van der Waals surface area contributed by atoms with Gasteiger partial charge in [-0.25, -0.2) is 4.98 Å². The number of nitrogens with one attached hydrogen (secondary N) is 1. The highest BCUT2D eigenvalue weighted by molar-refractivity contribution is 9.10. The number of pyridine rings is 1. The number of halogens is 2. The maximum atomic E-state index is 12.8. The van der Waals surface area contributed by atoms with E-state index in [4.69, 9.17) is 16.3 Å². The monoisotopic (exact) mass is 451 g/mol. The number of benzene rings is 1. The third-order valence-electron chi connectivity index (χ3n) is 3.43. The molecule has 0 fully saturated rings. The Morgan fingerprint density at radius 3 is 2.88 bits per heavy atom. The van der Waals surface area contributed by atoms with E-state index in [1.807, 2.05) is 25.1 Å². The minimum Gasteiger partial charge on any atom is -0.491 e. The van der Waals surface area contributed by atoms with Gasteiger partial charge in [0, 0.05) is 11.2 Å². The average Bonchev–Trinajstić information content (AvgIpc) is 3.00. The van der Waals surface area contributed by atoms with Crippen LogP contribution in [0, 0.1) is 6.92 Å². The van der Waals surface area contributed by atoms with E-state index in [1.54, 1.807) is 25.3 Å². The Balaban J connectivity index is 1.91.